The summed E-state index contributed by atoms with van der Waals surface area (Å²) in [7, 11) is 0. The highest BCUT2D eigenvalue weighted by atomic mass is 32.1. The van der Waals surface area contributed by atoms with Crippen molar-refractivity contribution in [3.05, 3.63) is 52.2 Å². The normalized spacial score (nSPS) is 12.1. The van der Waals surface area contributed by atoms with Gasteiger partial charge >= 0.3 is 0 Å². The fourth-order valence-electron chi connectivity index (χ4n) is 1.70. The summed E-state index contributed by atoms with van der Waals surface area (Å²) in [5, 5.41) is 6.12. The Morgan fingerprint density at radius 1 is 1.21 bits per heavy atom. The number of carbonyl (C=O) groups excluding carboxylic acids is 1. The number of hydrogen-bond donors (Lipinski definition) is 2. The number of hydrogen-bond acceptors (Lipinski definition) is 3. The third kappa shape index (κ3) is 4.19. The van der Waals surface area contributed by atoms with Crippen LogP contribution in [-0.4, -0.2) is 11.9 Å². The summed E-state index contributed by atoms with van der Waals surface area (Å²) in [6.07, 6.45) is 0. The van der Waals surface area contributed by atoms with E-state index in [1.54, 1.807) is 11.3 Å². The molecule has 1 amide bonds. The zero-order valence-corrected chi connectivity index (χ0v) is 12.0. The van der Waals surface area contributed by atoms with Crippen LogP contribution in [0.1, 0.15) is 16.7 Å². The Labute approximate surface area is 117 Å². The molecule has 0 fully saturated rings. The molecule has 0 aliphatic carbocycles. The molecule has 2 aromatic rings. The zero-order chi connectivity index (χ0) is 13.7. The maximum Gasteiger partial charge on any atom is 0.241 e. The van der Waals surface area contributed by atoms with Gasteiger partial charge in [-0.25, -0.2) is 0 Å². The van der Waals surface area contributed by atoms with Gasteiger partial charge in [-0.15, -0.1) is 11.3 Å². The summed E-state index contributed by atoms with van der Waals surface area (Å²) >= 11 is 1.75. The molecule has 0 radical (unpaired) electrons. The Hall–Kier alpha value is -1.65. The van der Waals surface area contributed by atoms with Gasteiger partial charge < -0.3 is 10.6 Å². The second kappa shape index (κ2) is 6.50. The van der Waals surface area contributed by atoms with Gasteiger partial charge in [0.1, 0.15) is 0 Å². The molecule has 3 nitrogen and oxygen atoms in total. The SMILES string of the molecule is Cc1ccc(CNC(C)C(=O)Nc2ccccc2)s1. The molecule has 0 bridgehead atoms. The number of nitrogens with one attached hydrogen (secondary N) is 2. The van der Waals surface area contributed by atoms with Crippen molar-refractivity contribution in [3.8, 4) is 0 Å². The van der Waals surface area contributed by atoms with Crippen molar-refractivity contribution in [2.75, 3.05) is 5.32 Å². The Kier molecular flexibility index (Phi) is 4.71. The lowest BCUT2D eigenvalue weighted by Crippen LogP contribution is -2.37. The minimum absolute atomic E-state index is 0.0144. The van der Waals surface area contributed by atoms with E-state index in [1.807, 2.05) is 37.3 Å². The van der Waals surface area contributed by atoms with E-state index in [0.29, 0.717) is 0 Å². The predicted molar refractivity (Wildman–Crippen MR) is 80.4 cm³/mol. The Morgan fingerprint density at radius 3 is 2.58 bits per heavy atom. The molecule has 4 heteroatoms. The Balaban J connectivity index is 1.82. The second-order valence-corrected chi connectivity index (χ2v) is 5.84. The molecule has 100 valence electrons. The van der Waals surface area contributed by atoms with E-state index >= 15 is 0 Å². The second-order valence-electron chi connectivity index (χ2n) is 4.47. The molecular formula is C15H18N2OS. The number of anilines is 1. The fourth-order valence-corrected chi connectivity index (χ4v) is 2.54. The molecule has 1 aromatic heterocycles. The number of carbonyl (C=O) groups is 1. The number of rotatable bonds is 5. The molecule has 1 atom stereocenters. The van der Waals surface area contributed by atoms with Crippen LogP contribution in [-0.2, 0) is 11.3 Å². The van der Waals surface area contributed by atoms with Crippen LogP contribution in [0, 0.1) is 6.92 Å². The molecule has 1 unspecified atom stereocenters. The average molecular weight is 274 g/mol. The first kappa shape index (κ1) is 13.8. The third-order valence-corrected chi connectivity index (χ3v) is 3.81. The molecule has 0 aliphatic heterocycles. The standard InChI is InChI=1S/C15H18N2OS/c1-11-8-9-14(19-11)10-16-12(2)15(18)17-13-6-4-3-5-7-13/h3-9,12,16H,10H2,1-2H3,(H,17,18). The number of aryl methyl sites for hydroxylation is 1. The van der Waals surface area contributed by atoms with Crippen LogP contribution in [0.3, 0.4) is 0 Å². The smallest absolute Gasteiger partial charge is 0.241 e. The Bertz CT molecular complexity index is 536. The lowest BCUT2D eigenvalue weighted by atomic mass is 10.2. The number of para-hydroxylation sites is 1. The molecule has 0 spiro atoms. The number of thiophene rings is 1. The van der Waals surface area contributed by atoms with Crippen molar-refractivity contribution < 1.29 is 4.79 Å². The van der Waals surface area contributed by atoms with Crippen molar-refractivity contribution in [2.24, 2.45) is 0 Å². The van der Waals surface area contributed by atoms with E-state index in [1.165, 1.54) is 9.75 Å². The minimum Gasteiger partial charge on any atom is -0.325 e. The predicted octanol–water partition coefficient (Wildman–Crippen LogP) is 3.17. The number of amides is 1. The first-order valence-corrected chi connectivity index (χ1v) is 7.11. The van der Waals surface area contributed by atoms with Gasteiger partial charge in [0.05, 0.1) is 6.04 Å². The van der Waals surface area contributed by atoms with Gasteiger partial charge in [-0.05, 0) is 38.1 Å². The molecule has 0 saturated heterocycles. The third-order valence-electron chi connectivity index (χ3n) is 2.81. The largest absolute Gasteiger partial charge is 0.325 e. The summed E-state index contributed by atoms with van der Waals surface area (Å²) in [4.78, 5) is 14.5. The topological polar surface area (TPSA) is 41.1 Å². The highest BCUT2D eigenvalue weighted by Gasteiger charge is 2.12. The van der Waals surface area contributed by atoms with Crippen LogP contribution >= 0.6 is 11.3 Å². The van der Waals surface area contributed by atoms with E-state index in [4.69, 9.17) is 0 Å². The molecule has 1 aromatic carbocycles. The summed E-state index contributed by atoms with van der Waals surface area (Å²) in [5.41, 5.74) is 0.827. The maximum absolute atomic E-state index is 12.0. The molecule has 2 N–H and O–H groups in total. The number of benzene rings is 1. The van der Waals surface area contributed by atoms with Crippen molar-refractivity contribution in [3.63, 3.8) is 0 Å². The first-order valence-electron chi connectivity index (χ1n) is 6.30. The van der Waals surface area contributed by atoms with Gasteiger partial charge in [-0.2, -0.15) is 0 Å². The van der Waals surface area contributed by atoms with E-state index in [0.717, 1.165) is 12.2 Å². The van der Waals surface area contributed by atoms with Crippen molar-refractivity contribution >= 4 is 22.9 Å². The van der Waals surface area contributed by atoms with Crippen LogP contribution in [0.25, 0.3) is 0 Å². The quantitative estimate of drug-likeness (QED) is 0.879. The molecular weight excluding hydrogens is 256 g/mol. The highest BCUT2D eigenvalue weighted by molar-refractivity contribution is 7.11. The van der Waals surface area contributed by atoms with Crippen LogP contribution in [0.4, 0.5) is 5.69 Å². The van der Waals surface area contributed by atoms with Crippen LogP contribution in [0.2, 0.25) is 0 Å². The monoisotopic (exact) mass is 274 g/mol. The fraction of sp³-hybridized carbons (Fsp3) is 0.267. The van der Waals surface area contributed by atoms with Crippen molar-refractivity contribution in [2.45, 2.75) is 26.4 Å². The van der Waals surface area contributed by atoms with Gasteiger partial charge in [-0.1, -0.05) is 18.2 Å². The maximum atomic E-state index is 12.0. The zero-order valence-electron chi connectivity index (χ0n) is 11.1. The average Bonchev–Trinajstić information content (AvgIpc) is 2.83. The van der Waals surface area contributed by atoms with Crippen molar-refractivity contribution in [1.29, 1.82) is 0 Å². The van der Waals surface area contributed by atoms with E-state index in [9.17, 15) is 4.79 Å². The first-order chi connectivity index (χ1) is 9.15. The van der Waals surface area contributed by atoms with E-state index in [2.05, 4.69) is 29.7 Å². The summed E-state index contributed by atoms with van der Waals surface area (Å²) in [5.74, 6) is -0.0144. The van der Waals surface area contributed by atoms with Gasteiger partial charge in [0, 0.05) is 22.0 Å². The molecule has 19 heavy (non-hydrogen) atoms. The molecule has 2 rings (SSSR count). The van der Waals surface area contributed by atoms with Crippen LogP contribution < -0.4 is 10.6 Å². The summed E-state index contributed by atoms with van der Waals surface area (Å²) in [6.45, 7) is 4.68. The van der Waals surface area contributed by atoms with E-state index < -0.39 is 0 Å². The van der Waals surface area contributed by atoms with Crippen LogP contribution in [0.15, 0.2) is 42.5 Å². The lowest BCUT2D eigenvalue weighted by molar-refractivity contribution is -0.117. The van der Waals surface area contributed by atoms with Crippen LogP contribution in [0.5, 0.6) is 0 Å². The molecule has 1 heterocycles. The molecule has 0 aliphatic rings. The van der Waals surface area contributed by atoms with Crippen molar-refractivity contribution in [1.82, 2.24) is 5.32 Å². The van der Waals surface area contributed by atoms with E-state index in [-0.39, 0.29) is 11.9 Å². The van der Waals surface area contributed by atoms with Gasteiger partial charge in [-0.3, -0.25) is 4.79 Å². The Morgan fingerprint density at radius 2 is 1.95 bits per heavy atom. The van der Waals surface area contributed by atoms with Gasteiger partial charge in [0.25, 0.3) is 0 Å². The highest BCUT2D eigenvalue weighted by Crippen LogP contribution is 2.14. The lowest BCUT2D eigenvalue weighted by Gasteiger charge is -2.13. The summed E-state index contributed by atoms with van der Waals surface area (Å²) in [6, 6.07) is 13.5. The summed E-state index contributed by atoms with van der Waals surface area (Å²) < 4.78 is 0. The minimum atomic E-state index is -0.220. The van der Waals surface area contributed by atoms with Gasteiger partial charge in [0.2, 0.25) is 5.91 Å². The molecule has 0 saturated carbocycles. The van der Waals surface area contributed by atoms with Gasteiger partial charge in [0.15, 0.2) is 0 Å².